The maximum absolute atomic E-state index is 13.0. The summed E-state index contributed by atoms with van der Waals surface area (Å²) >= 11 is 0. The van der Waals surface area contributed by atoms with Crippen molar-refractivity contribution in [3.8, 4) is 0 Å². The molecule has 0 bridgehead atoms. The van der Waals surface area contributed by atoms with Gasteiger partial charge in [0.25, 0.3) is 0 Å². The molecule has 4 N–H and O–H groups in total. The fraction of sp³-hybridized carbons (Fsp3) is 0.545. The summed E-state index contributed by atoms with van der Waals surface area (Å²) in [6.45, 7) is 9.11. The highest BCUT2D eigenvalue weighted by Crippen LogP contribution is 2.24. The summed E-state index contributed by atoms with van der Waals surface area (Å²) in [4.78, 5) is 48.0. The first-order valence-electron chi connectivity index (χ1n) is 10.0. The molecular weight excluding hydrogens is 388 g/mol. The number of benzene rings is 1. The fourth-order valence-corrected chi connectivity index (χ4v) is 2.91. The van der Waals surface area contributed by atoms with Crippen molar-refractivity contribution in [1.29, 1.82) is 0 Å². The zero-order chi connectivity index (χ0) is 23.1. The van der Waals surface area contributed by atoms with E-state index in [2.05, 4.69) is 10.6 Å². The van der Waals surface area contributed by atoms with Crippen LogP contribution in [0.3, 0.4) is 0 Å². The maximum atomic E-state index is 13.0. The first-order valence-corrected chi connectivity index (χ1v) is 10.0. The molecule has 2 amide bonds. The number of aliphatic carboxylic acids is 2. The van der Waals surface area contributed by atoms with E-state index >= 15 is 0 Å². The summed E-state index contributed by atoms with van der Waals surface area (Å²) in [5.41, 5.74) is 0.946. The van der Waals surface area contributed by atoms with Gasteiger partial charge in [0.05, 0.1) is 5.41 Å². The van der Waals surface area contributed by atoms with E-state index < -0.39 is 41.8 Å². The van der Waals surface area contributed by atoms with Gasteiger partial charge in [0.15, 0.2) is 0 Å². The van der Waals surface area contributed by atoms with E-state index in [4.69, 9.17) is 5.11 Å². The van der Waals surface area contributed by atoms with Crippen LogP contribution in [0.2, 0.25) is 0 Å². The zero-order valence-electron chi connectivity index (χ0n) is 18.2. The summed E-state index contributed by atoms with van der Waals surface area (Å²) < 4.78 is 0. The lowest BCUT2D eigenvalue weighted by Crippen LogP contribution is -2.56. The second kappa shape index (κ2) is 10.8. The first-order chi connectivity index (χ1) is 13.9. The van der Waals surface area contributed by atoms with E-state index in [1.54, 1.807) is 20.8 Å². The molecule has 1 rings (SSSR count). The lowest BCUT2D eigenvalue weighted by molar-refractivity contribution is -0.143. The highest BCUT2D eigenvalue weighted by atomic mass is 16.4. The van der Waals surface area contributed by atoms with Crippen LogP contribution in [0.5, 0.6) is 0 Å². The van der Waals surface area contributed by atoms with Crippen molar-refractivity contribution in [1.82, 2.24) is 10.6 Å². The van der Waals surface area contributed by atoms with Crippen LogP contribution in [0.4, 0.5) is 0 Å². The number of hydrogen-bond acceptors (Lipinski definition) is 4. The maximum Gasteiger partial charge on any atom is 0.326 e. The minimum absolute atomic E-state index is 0.244. The van der Waals surface area contributed by atoms with Crippen molar-refractivity contribution in [3.05, 3.63) is 35.4 Å². The van der Waals surface area contributed by atoms with Gasteiger partial charge >= 0.3 is 11.9 Å². The summed E-state index contributed by atoms with van der Waals surface area (Å²) in [6, 6.07) is 5.24. The Morgan fingerprint density at radius 1 is 1.03 bits per heavy atom. The molecule has 8 nitrogen and oxygen atoms in total. The van der Waals surface area contributed by atoms with Crippen LogP contribution in [-0.2, 0) is 24.6 Å². The summed E-state index contributed by atoms with van der Waals surface area (Å²) in [6.07, 6.45) is -0.0549. The van der Waals surface area contributed by atoms with Gasteiger partial charge in [-0.25, -0.2) is 4.79 Å². The monoisotopic (exact) mass is 420 g/mol. The Bertz CT molecular complexity index is 772. The second-order valence-corrected chi connectivity index (χ2v) is 8.16. The van der Waals surface area contributed by atoms with Gasteiger partial charge in [0.1, 0.15) is 12.1 Å². The summed E-state index contributed by atoms with van der Waals surface area (Å²) in [7, 11) is 0. The third-order valence-corrected chi connectivity index (χ3v) is 5.38. The molecule has 0 aliphatic carbocycles. The van der Waals surface area contributed by atoms with E-state index in [1.165, 1.54) is 0 Å². The van der Waals surface area contributed by atoms with Crippen molar-refractivity contribution < 1.29 is 29.4 Å². The second-order valence-electron chi connectivity index (χ2n) is 8.16. The molecule has 0 aliphatic heterocycles. The Hall–Kier alpha value is -2.90. The Labute approximate surface area is 177 Å². The largest absolute Gasteiger partial charge is 0.481 e. The number of carboxylic acids is 2. The molecule has 1 aromatic rings. The number of aryl methyl sites for hydroxylation is 1. The van der Waals surface area contributed by atoms with Crippen molar-refractivity contribution in [3.63, 3.8) is 0 Å². The number of carboxylic acid groups (broad SMARTS) is 2. The number of hydrogen-bond donors (Lipinski definition) is 4. The molecule has 0 saturated heterocycles. The Balaban J connectivity index is 3.01. The van der Waals surface area contributed by atoms with Crippen LogP contribution in [0.1, 0.15) is 58.1 Å². The minimum Gasteiger partial charge on any atom is -0.481 e. The molecule has 0 aliphatic rings. The van der Waals surface area contributed by atoms with Crippen LogP contribution in [0, 0.1) is 12.8 Å². The van der Waals surface area contributed by atoms with Crippen LogP contribution >= 0.6 is 0 Å². The van der Waals surface area contributed by atoms with E-state index in [0.717, 1.165) is 11.1 Å². The van der Waals surface area contributed by atoms with Gasteiger partial charge in [-0.15, -0.1) is 0 Å². The van der Waals surface area contributed by atoms with Crippen LogP contribution in [0.15, 0.2) is 24.3 Å². The van der Waals surface area contributed by atoms with Crippen molar-refractivity contribution in [2.75, 3.05) is 0 Å². The Morgan fingerprint density at radius 2 is 1.60 bits per heavy atom. The average Bonchev–Trinajstić information content (AvgIpc) is 2.68. The number of nitrogens with one attached hydrogen (secondary N) is 2. The summed E-state index contributed by atoms with van der Waals surface area (Å²) in [5, 5.41) is 23.2. The lowest BCUT2D eigenvalue weighted by atomic mass is 9.82. The minimum atomic E-state index is -1.35. The van der Waals surface area contributed by atoms with Gasteiger partial charge in [-0.1, -0.05) is 50.1 Å². The molecule has 3 atom stereocenters. The van der Waals surface area contributed by atoms with Crippen molar-refractivity contribution >= 4 is 23.8 Å². The Kier molecular flexibility index (Phi) is 9.01. The predicted molar refractivity (Wildman–Crippen MR) is 112 cm³/mol. The quantitative estimate of drug-likeness (QED) is 0.434. The van der Waals surface area contributed by atoms with Crippen LogP contribution in [0.25, 0.3) is 0 Å². The van der Waals surface area contributed by atoms with Gasteiger partial charge in [-0.05, 0) is 38.7 Å². The third-order valence-electron chi connectivity index (χ3n) is 5.38. The summed E-state index contributed by atoms with van der Waals surface area (Å²) in [5.74, 6) is -3.72. The molecule has 0 unspecified atom stereocenters. The van der Waals surface area contributed by atoms with E-state index in [-0.39, 0.29) is 18.2 Å². The normalized spacial score (nSPS) is 14.3. The molecule has 0 heterocycles. The molecule has 8 heteroatoms. The van der Waals surface area contributed by atoms with Gasteiger partial charge in [-0.2, -0.15) is 0 Å². The number of amides is 2. The Morgan fingerprint density at radius 3 is 2.07 bits per heavy atom. The lowest BCUT2D eigenvalue weighted by Gasteiger charge is -2.30. The molecule has 166 valence electrons. The molecule has 0 radical (unpaired) electrons. The zero-order valence-corrected chi connectivity index (χ0v) is 18.2. The molecule has 0 spiro atoms. The molecule has 30 heavy (non-hydrogen) atoms. The van der Waals surface area contributed by atoms with Crippen LogP contribution in [-0.4, -0.2) is 46.0 Å². The average molecular weight is 421 g/mol. The van der Waals surface area contributed by atoms with Crippen molar-refractivity contribution in [2.24, 2.45) is 5.92 Å². The van der Waals surface area contributed by atoms with Crippen LogP contribution < -0.4 is 10.6 Å². The third kappa shape index (κ3) is 6.86. The molecular formula is C22H32N2O6. The standard InChI is InChI=1S/C22H32N2O6/c1-6-14(3)18(19(27)23-16(20(28)29)11-12-17(25)26)24-21(30)22(4,5)15-9-7-13(2)8-10-15/h7-10,14,16,18H,6,11-12H2,1-5H3,(H,23,27)(H,24,30)(H,25,26)(H,28,29)/t14-,16+,18-/m0/s1. The SMILES string of the molecule is CC[C@H](C)[C@H](NC(=O)C(C)(C)c1ccc(C)cc1)C(=O)N[C@H](CCC(=O)O)C(=O)O. The first kappa shape index (κ1) is 25.1. The number of carbonyl (C=O) groups excluding carboxylic acids is 2. The van der Waals surface area contributed by atoms with Gasteiger partial charge in [0, 0.05) is 6.42 Å². The van der Waals surface area contributed by atoms with Gasteiger partial charge < -0.3 is 20.8 Å². The molecule has 1 aromatic carbocycles. The fourth-order valence-electron chi connectivity index (χ4n) is 2.91. The molecule has 0 saturated carbocycles. The molecule has 0 fully saturated rings. The van der Waals surface area contributed by atoms with Gasteiger partial charge in [0.2, 0.25) is 11.8 Å². The van der Waals surface area contributed by atoms with E-state index in [9.17, 15) is 24.3 Å². The number of carbonyl (C=O) groups is 4. The van der Waals surface area contributed by atoms with Gasteiger partial charge in [-0.3, -0.25) is 14.4 Å². The predicted octanol–water partition coefficient (Wildman–Crippen LogP) is 2.24. The van der Waals surface area contributed by atoms with Crippen molar-refractivity contribution in [2.45, 2.75) is 71.4 Å². The highest BCUT2D eigenvalue weighted by molar-refractivity contribution is 5.94. The smallest absolute Gasteiger partial charge is 0.326 e. The topological polar surface area (TPSA) is 133 Å². The van der Waals surface area contributed by atoms with E-state index in [1.807, 2.05) is 38.1 Å². The van der Waals surface area contributed by atoms with E-state index in [0.29, 0.717) is 6.42 Å². The highest BCUT2D eigenvalue weighted by Gasteiger charge is 2.35. The number of rotatable bonds is 11. The molecule has 0 aromatic heterocycles.